The lowest BCUT2D eigenvalue weighted by Crippen LogP contribution is -2.47. The summed E-state index contributed by atoms with van der Waals surface area (Å²) in [5.41, 5.74) is 0.285. The van der Waals surface area contributed by atoms with E-state index in [4.69, 9.17) is 9.47 Å². The van der Waals surface area contributed by atoms with Gasteiger partial charge in [-0.1, -0.05) is 13.8 Å². The first-order valence-corrected chi connectivity index (χ1v) is 8.21. The molecule has 20 heavy (non-hydrogen) atoms. The lowest BCUT2D eigenvalue weighted by Gasteiger charge is -2.35. The molecule has 2 saturated heterocycles. The van der Waals surface area contributed by atoms with Gasteiger partial charge >= 0.3 is 0 Å². The van der Waals surface area contributed by atoms with Crippen LogP contribution in [0, 0.1) is 5.41 Å². The van der Waals surface area contributed by atoms with Gasteiger partial charge in [-0.15, -0.1) is 0 Å². The zero-order valence-corrected chi connectivity index (χ0v) is 13.5. The minimum atomic E-state index is 0.285. The molecule has 2 rings (SSSR count). The predicted molar refractivity (Wildman–Crippen MR) is 82.1 cm³/mol. The lowest BCUT2D eigenvalue weighted by molar-refractivity contribution is -0.00867. The SMILES string of the molecule is CC(C)NCC1(CN(C)CC2CCCCO2)CCOC1. The average molecular weight is 284 g/mol. The van der Waals surface area contributed by atoms with Crippen LogP contribution in [0.15, 0.2) is 0 Å². The lowest BCUT2D eigenvalue weighted by atomic mass is 9.86. The van der Waals surface area contributed by atoms with Crippen molar-refractivity contribution in [2.45, 2.75) is 51.7 Å². The highest BCUT2D eigenvalue weighted by Gasteiger charge is 2.36. The number of ether oxygens (including phenoxy) is 2. The largest absolute Gasteiger partial charge is 0.381 e. The zero-order valence-electron chi connectivity index (χ0n) is 13.5. The van der Waals surface area contributed by atoms with Crippen LogP contribution in [-0.4, -0.2) is 63.5 Å². The molecule has 0 amide bonds. The topological polar surface area (TPSA) is 33.7 Å². The summed E-state index contributed by atoms with van der Waals surface area (Å²) in [5.74, 6) is 0. The molecule has 2 aliphatic heterocycles. The summed E-state index contributed by atoms with van der Waals surface area (Å²) in [7, 11) is 2.23. The first-order valence-electron chi connectivity index (χ1n) is 8.21. The van der Waals surface area contributed by atoms with Crippen molar-refractivity contribution in [3.05, 3.63) is 0 Å². The highest BCUT2D eigenvalue weighted by molar-refractivity contribution is 4.89. The van der Waals surface area contributed by atoms with Crippen molar-refractivity contribution in [1.29, 1.82) is 0 Å². The highest BCUT2D eigenvalue weighted by atomic mass is 16.5. The maximum absolute atomic E-state index is 5.86. The second kappa shape index (κ2) is 7.74. The van der Waals surface area contributed by atoms with Gasteiger partial charge in [0.05, 0.1) is 12.7 Å². The molecule has 1 N–H and O–H groups in total. The first-order chi connectivity index (χ1) is 9.60. The van der Waals surface area contributed by atoms with Crippen LogP contribution in [0.2, 0.25) is 0 Å². The molecule has 0 saturated carbocycles. The molecule has 0 aromatic heterocycles. The summed E-state index contributed by atoms with van der Waals surface area (Å²) < 4.78 is 11.5. The van der Waals surface area contributed by atoms with Gasteiger partial charge in [0.25, 0.3) is 0 Å². The number of hydrogen-bond acceptors (Lipinski definition) is 4. The Morgan fingerprint density at radius 3 is 2.75 bits per heavy atom. The van der Waals surface area contributed by atoms with Gasteiger partial charge in [-0.25, -0.2) is 0 Å². The standard InChI is InChI=1S/C16H32N2O2/c1-14(2)17-11-16(7-9-19-13-16)12-18(3)10-15-6-4-5-8-20-15/h14-15,17H,4-13H2,1-3H3. The molecule has 0 aliphatic carbocycles. The van der Waals surface area contributed by atoms with Crippen LogP contribution in [0.1, 0.15) is 39.5 Å². The van der Waals surface area contributed by atoms with Gasteiger partial charge < -0.3 is 19.7 Å². The van der Waals surface area contributed by atoms with Crippen molar-refractivity contribution in [2.24, 2.45) is 5.41 Å². The van der Waals surface area contributed by atoms with E-state index in [0.29, 0.717) is 12.1 Å². The monoisotopic (exact) mass is 284 g/mol. The smallest absolute Gasteiger partial charge is 0.0701 e. The highest BCUT2D eigenvalue weighted by Crippen LogP contribution is 2.29. The number of rotatable bonds is 7. The zero-order chi connectivity index (χ0) is 14.4. The Hall–Kier alpha value is -0.160. The van der Waals surface area contributed by atoms with Crippen LogP contribution in [0.5, 0.6) is 0 Å². The first kappa shape index (κ1) is 16.2. The summed E-state index contributed by atoms with van der Waals surface area (Å²) >= 11 is 0. The van der Waals surface area contributed by atoms with E-state index in [9.17, 15) is 0 Å². The molecule has 118 valence electrons. The normalized spacial score (nSPS) is 31.4. The summed E-state index contributed by atoms with van der Waals surface area (Å²) in [6, 6.07) is 0.541. The Labute approximate surface area is 124 Å². The van der Waals surface area contributed by atoms with Crippen LogP contribution in [0.3, 0.4) is 0 Å². The molecule has 0 aromatic rings. The van der Waals surface area contributed by atoms with E-state index in [-0.39, 0.29) is 5.41 Å². The summed E-state index contributed by atoms with van der Waals surface area (Å²) in [6.07, 6.45) is 5.38. The van der Waals surface area contributed by atoms with Gasteiger partial charge in [-0.2, -0.15) is 0 Å². The third kappa shape index (κ3) is 4.99. The fraction of sp³-hybridized carbons (Fsp3) is 1.00. The van der Waals surface area contributed by atoms with Crippen LogP contribution in [-0.2, 0) is 9.47 Å². The van der Waals surface area contributed by atoms with E-state index in [1.165, 1.54) is 25.7 Å². The van der Waals surface area contributed by atoms with Gasteiger partial charge in [-0.3, -0.25) is 0 Å². The van der Waals surface area contributed by atoms with Crippen LogP contribution in [0.4, 0.5) is 0 Å². The molecule has 2 aliphatic rings. The van der Waals surface area contributed by atoms with Crippen molar-refractivity contribution in [2.75, 3.05) is 46.5 Å². The average Bonchev–Trinajstić information content (AvgIpc) is 2.86. The summed E-state index contributed by atoms with van der Waals surface area (Å²) in [4.78, 5) is 2.45. The molecule has 0 aromatic carbocycles. The Morgan fingerprint density at radius 2 is 2.15 bits per heavy atom. The minimum absolute atomic E-state index is 0.285. The second-order valence-corrected chi connectivity index (χ2v) is 7.02. The van der Waals surface area contributed by atoms with Crippen molar-refractivity contribution >= 4 is 0 Å². The number of hydrogen-bond donors (Lipinski definition) is 1. The van der Waals surface area contributed by atoms with E-state index in [2.05, 4.69) is 31.1 Å². The number of nitrogens with zero attached hydrogens (tertiary/aromatic N) is 1. The van der Waals surface area contributed by atoms with Crippen LogP contribution in [0.25, 0.3) is 0 Å². The summed E-state index contributed by atoms with van der Waals surface area (Å²) in [6.45, 7) is 10.4. The van der Waals surface area contributed by atoms with E-state index >= 15 is 0 Å². The Morgan fingerprint density at radius 1 is 1.30 bits per heavy atom. The third-order valence-electron chi connectivity index (χ3n) is 4.46. The van der Waals surface area contributed by atoms with Gasteiger partial charge in [0.2, 0.25) is 0 Å². The maximum Gasteiger partial charge on any atom is 0.0701 e. The van der Waals surface area contributed by atoms with Crippen molar-refractivity contribution in [3.8, 4) is 0 Å². The molecule has 4 heteroatoms. The molecule has 2 atom stereocenters. The van der Waals surface area contributed by atoms with Crippen LogP contribution >= 0.6 is 0 Å². The van der Waals surface area contributed by atoms with Gasteiger partial charge in [0.1, 0.15) is 0 Å². The Balaban J connectivity index is 1.80. The van der Waals surface area contributed by atoms with E-state index < -0.39 is 0 Å². The Bertz CT molecular complexity index is 272. The second-order valence-electron chi connectivity index (χ2n) is 7.02. The van der Waals surface area contributed by atoms with Gasteiger partial charge in [0.15, 0.2) is 0 Å². The van der Waals surface area contributed by atoms with Crippen LogP contribution < -0.4 is 5.32 Å². The Kier molecular flexibility index (Phi) is 6.27. The fourth-order valence-electron chi connectivity index (χ4n) is 3.33. The molecule has 0 spiro atoms. The molecule has 2 unspecified atom stereocenters. The minimum Gasteiger partial charge on any atom is -0.381 e. The summed E-state index contributed by atoms with van der Waals surface area (Å²) in [5, 5.41) is 3.60. The number of likely N-dealkylation sites (N-methyl/N-ethyl adjacent to an activating group) is 1. The molecule has 2 fully saturated rings. The quantitative estimate of drug-likeness (QED) is 0.774. The maximum atomic E-state index is 5.86. The van der Waals surface area contributed by atoms with E-state index in [1.54, 1.807) is 0 Å². The van der Waals surface area contributed by atoms with Gasteiger partial charge in [-0.05, 0) is 32.7 Å². The molecule has 0 radical (unpaired) electrons. The predicted octanol–water partition coefficient (Wildman–Crippen LogP) is 1.89. The van der Waals surface area contributed by atoms with Crippen molar-refractivity contribution in [3.63, 3.8) is 0 Å². The van der Waals surface area contributed by atoms with E-state index in [0.717, 1.165) is 39.5 Å². The van der Waals surface area contributed by atoms with Crippen molar-refractivity contribution in [1.82, 2.24) is 10.2 Å². The molecule has 4 nitrogen and oxygen atoms in total. The molecular formula is C16H32N2O2. The third-order valence-corrected chi connectivity index (χ3v) is 4.46. The number of nitrogens with one attached hydrogen (secondary N) is 1. The van der Waals surface area contributed by atoms with E-state index in [1.807, 2.05) is 0 Å². The molecule has 2 heterocycles. The fourth-order valence-corrected chi connectivity index (χ4v) is 3.33. The molecule has 0 bridgehead atoms. The molecular weight excluding hydrogens is 252 g/mol. The van der Waals surface area contributed by atoms with Crippen molar-refractivity contribution < 1.29 is 9.47 Å². The van der Waals surface area contributed by atoms with Gasteiger partial charge in [0, 0.05) is 44.3 Å².